The molecular weight excluding hydrogens is 319 g/mol. The van der Waals surface area contributed by atoms with Gasteiger partial charge in [0, 0.05) is 6.07 Å². The van der Waals surface area contributed by atoms with Gasteiger partial charge < -0.3 is 30.5 Å². The van der Waals surface area contributed by atoms with Crippen molar-refractivity contribution in [1.29, 1.82) is 0 Å². The van der Waals surface area contributed by atoms with E-state index >= 15 is 0 Å². The number of phosphoric acid groups is 1. The largest absolute Gasteiger partial charge is 0.469 e. The smallest absolute Gasteiger partial charge is 0.387 e. The van der Waals surface area contributed by atoms with E-state index in [2.05, 4.69) is 4.52 Å². The molecule has 1 aromatic heterocycles. The number of aromatic nitrogens is 1. The van der Waals surface area contributed by atoms with Crippen LogP contribution in [0.4, 0.5) is 0 Å². The third kappa shape index (κ3) is 3.87. The predicted molar refractivity (Wildman–Crippen MR) is 69.1 cm³/mol. The molecule has 0 bridgehead atoms. The molecule has 0 unspecified atom stereocenters. The van der Waals surface area contributed by atoms with Gasteiger partial charge >= 0.3 is 7.82 Å². The molecule has 0 spiro atoms. The summed E-state index contributed by atoms with van der Waals surface area (Å²) >= 11 is 0. The summed E-state index contributed by atoms with van der Waals surface area (Å²) in [6, 6.07) is 2.97. The second kappa shape index (κ2) is 6.39. The summed E-state index contributed by atoms with van der Waals surface area (Å²) in [4.78, 5) is 28.4. The van der Waals surface area contributed by atoms with E-state index in [0.29, 0.717) is 0 Å². The van der Waals surface area contributed by atoms with Gasteiger partial charge in [-0.1, -0.05) is 0 Å². The first-order valence-electron chi connectivity index (χ1n) is 6.21. The lowest BCUT2D eigenvalue weighted by Gasteiger charge is -2.13. The van der Waals surface area contributed by atoms with Crippen molar-refractivity contribution in [2.24, 2.45) is 5.73 Å². The number of ether oxygens (including phenoxy) is 1. The Morgan fingerprint density at radius 3 is 2.68 bits per heavy atom. The summed E-state index contributed by atoms with van der Waals surface area (Å²) in [5.74, 6) is -0.677. The fraction of sp³-hybridized carbons (Fsp3) is 0.455. The van der Waals surface area contributed by atoms with E-state index in [9.17, 15) is 19.6 Å². The third-order valence-corrected chi connectivity index (χ3v) is 3.63. The number of carbonyl (C=O) groups excluding carboxylic acids is 1. The Hall–Kier alpha value is -1.39. The molecular formula is C11H16N2O8P+. The Bertz CT molecular complexity index is 606. The zero-order valence-electron chi connectivity index (χ0n) is 11.2. The lowest BCUT2D eigenvalue weighted by molar-refractivity contribution is -0.765. The summed E-state index contributed by atoms with van der Waals surface area (Å²) in [5, 5.41) is 19.8. The SMILES string of the molecule is NC(=O)c1ccc[n+]([C@@H]2O[C@H](COP(=O)(O)O)[C@H](O)[C@H]2O)c1. The number of pyridine rings is 1. The van der Waals surface area contributed by atoms with Crippen LogP contribution in [-0.4, -0.2) is 50.8 Å². The van der Waals surface area contributed by atoms with Crippen molar-refractivity contribution in [3.63, 3.8) is 0 Å². The molecule has 10 nitrogen and oxygen atoms in total. The average Bonchev–Trinajstić information content (AvgIpc) is 2.72. The van der Waals surface area contributed by atoms with Crippen LogP contribution in [0.25, 0.3) is 0 Å². The Kier molecular flexibility index (Phi) is 4.93. The molecule has 1 aliphatic rings. The molecule has 6 N–H and O–H groups in total. The highest BCUT2D eigenvalue weighted by Crippen LogP contribution is 2.37. The second-order valence-electron chi connectivity index (χ2n) is 4.74. The van der Waals surface area contributed by atoms with Crippen LogP contribution in [0.5, 0.6) is 0 Å². The van der Waals surface area contributed by atoms with Gasteiger partial charge in [0.25, 0.3) is 12.1 Å². The summed E-state index contributed by atoms with van der Waals surface area (Å²) in [6.45, 7) is -0.602. The normalized spacial score (nSPS) is 28.7. The first-order chi connectivity index (χ1) is 10.2. The molecule has 0 aliphatic carbocycles. The van der Waals surface area contributed by atoms with Crippen LogP contribution in [0, 0.1) is 0 Å². The minimum atomic E-state index is -4.72. The highest BCUT2D eigenvalue weighted by atomic mass is 31.2. The molecule has 0 saturated carbocycles. The van der Waals surface area contributed by atoms with E-state index in [4.69, 9.17) is 20.3 Å². The van der Waals surface area contributed by atoms with Crippen molar-refractivity contribution in [1.82, 2.24) is 0 Å². The van der Waals surface area contributed by atoms with Gasteiger partial charge in [-0.15, -0.1) is 0 Å². The van der Waals surface area contributed by atoms with Crippen molar-refractivity contribution in [3.05, 3.63) is 30.1 Å². The highest BCUT2D eigenvalue weighted by molar-refractivity contribution is 7.46. The molecule has 22 heavy (non-hydrogen) atoms. The minimum absolute atomic E-state index is 0.169. The number of nitrogens with zero attached hydrogens (tertiary/aromatic N) is 1. The predicted octanol–water partition coefficient (Wildman–Crippen LogP) is -2.20. The number of rotatable bonds is 5. The molecule has 122 valence electrons. The van der Waals surface area contributed by atoms with Crippen LogP contribution >= 0.6 is 7.82 Å². The van der Waals surface area contributed by atoms with Gasteiger partial charge in [0.05, 0.1) is 6.61 Å². The molecule has 1 saturated heterocycles. The topological polar surface area (TPSA) is 163 Å². The van der Waals surface area contributed by atoms with Crippen LogP contribution in [-0.2, 0) is 13.8 Å². The summed E-state index contributed by atoms with van der Waals surface area (Å²) in [7, 11) is -4.72. The standard InChI is InChI=1S/C11H15N2O8P/c12-10(16)6-2-1-3-13(4-6)11-9(15)8(14)7(21-11)5-20-22(17,18)19/h1-4,7-9,11,14-15H,5H2,(H3-,12,16,17,18,19)/p+1/t7-,8+,9-,11-/m1/s1. The zero-order chi connectivity index (χ0) is 16.5. The van der Waals surface area contributed by atoms with Gasteiger partial charge in [0.15, 0.2) is 18.5 Å². The zero-order valence-corrected chi connectivity index (χ0v) is 12.1. The van der Waals surface area contributed by atoms with E-state index in [-0.39, 0.29) is 5.56 Å². The lowest BCUT2D eigenvalue weighted by atomic mass is 10.1. The number of phosphoric ester groups is 1. The molecule has 1 aliphatic heterocycles. The number of primary amides is 1. The van der Waals surface area contributed by atoms with Crippen molar-refractivity contribution in [3.8, 4) is 0 Å². The van der Waals surface area contributed by atoms with E-state index < -0.39 is 44.9 Å². The van der Waals surface area contributed by atoms with Crippen LogP contribution < -0.4 is 10.3 Å². The second-order valence-corrected chi connectivity index (χ2v) is 5.98. The third-order valence-electron chi connectivity index (χ3n) is 3.14. The van der Waals surface area contributed by atoms with Crippen LogP contribution in [0.2, 0.25) is 0 Å². The Morgan fingerprint density at radius 2 is 2.09 bits per heavy atom. The maximum atomic E-state index is 11.1. The maximum absolute atomic E-state index is 11.1. The number of aliphatic hydroxyl groups excluding tert-OH is 2. The lowest BCUT2D eigenvalue weighted by Crippen LogP contribution is -2.46. The summed E-state index contributed by atoms with van der Waals surface area (Å²) < 4.78 is 21.6. The molecule has 2 heterocycles. The van der Waals surface area contributed by atoms with Gasteiger partial charge in [0.1, 0.15) is 17.8 Å². The fourth-order valence-electron chi connectivity index (χ4n) is 2.08. The quantitative estimate of drug-likeness (QED) is 0.299. The van der Waals surface area contributed by atoms with Crippen molar-refractivity contribution >= 4 is 13.7 Å². The number of hydrogen-bond donors (Lipinski definition) is 5. The van der Waals surface area contributed by atoms with Gasteiger partial charge in [-0.3, -0.25) is 9.32 Å². The molecule has 11 heteroatoms. The molecule has 2 rings (SSSR count). The van der Waals surface area contributed by atoms with Gasteiger partial charge in [-0.25, -0.2) is 4.57 Å². The molecule has 1 amide bonds. The summed E-state index contributed by atoms with van der Waals surface area (Å²) in [5.41, 5.74) is 5.32. The molecule has 0 radical (unpaired) electrons. The Balaban J connectivity index is 2.14. The summed E-state index contributed by atoms with van der Waals surface area (Å²) in [6.07, 6.45) is -2.18. The molecule has 1 aromatic rings. The maximum Gasteiger partial charge on any atom is 0.469 e. The van der Waals surface area contributed by atoms with E-state index in [1.54, 1.807) is 0 Å². The highest BCUT2D eigenvalue weighted by Gasteiger charge is 2.48. The number of hydrogen-bond acceptors (Lipinski definition) is 6. The molecule has 0 aromatic carbocycles. The minimum Gasteiger partial charge on any atom is -0.387 e. The van der Waals surface area contributed by atoms with E-state index in [1.807, 2.05) is 0 Å². The Morgan fingerprint density at radius 1 is 1.41 bits per heavy atom. The van der Waals surface area contributed by atoms with Crippen LogP contribution in [0.1, 0.15) is 16.6 Å². The van der Waals surface area contributed by atoms with E-state index in [1.165, 1.54) is 29.1 Å². The number of aliphatic hydroxyl groups is 2. The van der Waals surface area contributed by atoms with Crippen LogP contribution in [0.3, 0.4) is 0 Å². The van der Waals surface area contributed by atoms with Crippen molar-refractivity contribution in [2.75, 3.05) is 6.61 Å². The fourth-order valence-corrected chi connectivity index (χ4v) is 2.42. The first-order valence-corrected chi connectivity index (χ1v) is 7.74. The number of amides is 1. The molecule has 4 atom stereocenters. The van der Waals surface area contributed by atoms with E-state index in [0.717, 1.165) is 0 Å². The molecule has 1 fully saturated rings. The first kappa shape index (κ1) is 17.0. The number of carbonyl (C=O) groups is 1. The van der Waals surface area contributed by atoms with Crippen LogP contribution in [0.15, 0.2) is 24.5 Å². The van der Waals surface area contributed by atoms with Gasteiger partial charge in [-0.05, 0) is 6.07 Å². The van der Waals surface area contributed by atoms with Gasteiger partial charge in [-0.2, -0.15) is 4.57 Å². The average molecular weight is 335 g/mol. The van der Waals surface area contributed by atoms with Crippen molar-refractivity contribution < 1.29 is 43.2 Å². The Labute approximate surface area is 124 Å². The van der Waals surface area contributed by atoms with Gasteiger partial charge in [0.2, 0.25) is 0 Å². The number of nitrogens with two attached hydrogens (primary N) is 1. The monoisotopic (exact) mass is 335 g/mol. The van der Waals surface area contributed by atoms with Crippen molar-refractivity contribution in [2.45, 2.75) is 24.5 Å².